The Bertz CT molecular complexity index is 1780. The lowest BCUT2D eigenvalue weighted by Crippen LogP contribution is -2.64. The zero-order chi connectivity index (χ0) is 38.5. The maximum Gasteiger partial charge on any atom is 0.239 e. The lowest BCUT2D eigenvalue weighted by Gasteiger charge is -2.46. The van der Waals surface area contributed by atoms with Crippen molar-refractivity contribution in [2.45, 2.75) is 99.0 Å². The fraction of sp³-hybridized carbons (Fsp3) is 0.545. The second-order valence-electron chi connectivity index (χ2n) is 12.9. The van der Waals surface area contributed by atoms with Gasteiger partial charge in [-0.3, -0.25) is 4.79 Å². The molecule has 3 fully saturated rings. The van der Waals surface area contributed by atoms with Crippen LogP contribution in [-0.2, 0) is 23.7 Å². The van der Waals surface area contributed by atoms with Crippen LogP contribution in [0.2, 0.25) is 0 Å². The molecule has 0 aliphatic carbocycles. The maximum absolute atomic E-state index is 13.8. The van der Waals surface area contributed by atoms with Crippen molar-refractivity contribution in [2.75, 3.05) is 13.2 Å². The number of ether oxygens (including phenoxy) is 6. The van der Waals surface area contributed by atoms with Crippen LogP contribution >= 0.6 is 0 Å². The van der Waals surface area contributed by atoms with Gasteiger partial charge in [-0.05, 0) is 31.2 Å². The quantitative estimate of drug-likeness (QED) is 0.100. The molecule has 3 aliphatic rings. The summed E-state index contributed by atoms with van der Waals surface area (Å²) in [7, 11) is 0. The highest BCUT2D eigenvalue weighted by atomic mass is 16.8. The Hall–Kier alpha value is -3.71. The van der Waals surface area contributed by atoms with E-state index in [1.54, 1.807) is 0 Å². The third-order valence-electron chi connectivity index (χ3n) is 9.30. The van der Waals surface area contributed by atoms with Gasteiger partial charge in [0, 0.05) is 17.7 Å². The Morgan fingerprint density at radius 2 is 1.30 bits per heavy atom. The average Bonchev–Trinajstić information content (AvgIpc) is 3.12. The molecular formula is C33H40O20. The summed E-state index contributed by atoms with van der Waals surface area (Å²) in [5.41, 5.74) is -1.11. The number of aliphatic hydroxyl groups is 9. The molecule has 20 heteroatoms. The molecule has 3 saturated heterocycles. The van der Waals surface area contributed by atoms with Gasteiger partial charge in [0.25, 0.3) is 0 Å². The Morgan fingerprint density at radius 1 is 0.679 bits per heavy atom. The van der Waals surface area contributed by atoms with E-state index in [0.717, 1.165) is 12.1 Å². The van der Waals surface area contributed by atoms with Gasteiger partial charge in [0.1, 0.15) is 95.4 Å². The van der Waals surface area contributed by atoms with Crippen LogP contribution in [-0.4, -0.2) is 167 Å². The van der Waals surface area contributed by atoms with Gasteiger partial charge in [-0.2, -0.15) is 0 Å². The summed E-state index contributed by atoms with van der Waals surface area (Å²) in [6.45, 7) is -0.119. The molecule has 0 bridgehead atoms. The molecule has 0 spiro atoms. The second kappa shape index (κ2) is 15.6. The van der Waals surface area contributed by atoms with Crippen LogP contribution in [0.15, 0.2) is 45.6 Å². The first-order valence-corrected chi connectivity index (χ1v) is 16.4. The van der Waals surface area contributed by atoms with E-state index < -0.39 is 133 Å². The minimum Gasteiger partial charge on any atom is -0.508 e. The third-order valence-corrected chi connectivity index (χ3v) is 9.30. The second-order valence-corrected chi connectivity index (χ2v) is 12.9. The molecule has 0 unspecified atom stereocenters. The normalized spacial score (nSPS) is 37.8. The van der Waals surface area contributed by atoms with Crippen LogP contribution in [0, 0.1) is 0 Å². The molecule has 3 aromatic rings. The van der Waals surface area contributed by atoms with Crippen molar-refractivity contribution in [2.24, 2.45) is 0 Å². The van der Waals surface area contributed by atoms with Gasteiger partial charge in [-0.15, -0.1) is 0 Å². The van der Waals surface area contributed by atoms with Gasteiger partial charge in [-0.1, -0.05) is 0 Å². The smallest absolute Gasteiger partial charge is 0.239 e. The number of fused-ring (bicyclic) bond motifs is 1. The van der Waals surface area contributed by atoms with Gasteiger partial charge in [0.2, 0.25) is 17.5 Å². The van der Waals surface area contributed by atoms with Crippen molar-refractivity contribution in [3.63, 3.8) is 0 Å². The molecular weight excluding hydrogens is 716 g/mol. The van der Waals surface area contributed by atoms with Gasteiger partial charge in [0.15, 0.2) is 18.3 Å². The summed E-state index contributed by atoms with van der Waals surface area (Å²) in [4.78, 5) is 13.8. The van der Waals surface area contributed by atoms with E-state index >= 15 is 0 Å². The number of aromatic hydroxyl groups is 3. The number of phenolic OH excluding ortho intramolecular Hbond substituents is 3. The summed E-state index contributed by atoms with van der Waals surface area (Å²) < 4.78 is 39.8. The molecule has 0 radical (unpaired) electrons. The molecule has 2 aromatic carbocycles. The maximum atomic E-state index is 13.8. The van der Waals surface area contributed by atoms with Crippen molar-refractivity contribution >= 4 is 11.0 Å². The summed E-state index contributed by atoms with van der Waals surface area (Å²) in [5.74, 6) is -2.21. The van der Waals surface area contributed by atoms with E-state index in [1.807, 2.05) is 0 Å². The van der Waals surface area contributed by atoms with E-state index in [2.05, 4.69) is 0 Å². The summed E-state index contributed by atoms with van der Waals surface area (Å²) in [6, 6.07) is 7.16. The van der Waals surface area contributed by atoms with Crippen molar-refractivity contribution in [1.29, 1.82) is 0 Å². The molecule has 4 heterocycles. The van der Waals surface area contributed by atoms with Crippen molar-refractivity contribution < 1.29 is 94.1 Å². The molecule has 53 heavy (non-hydrogen) atoms. The minimum absolute atomic E-state index is 0.139. The van der Waals surface area contributed by atoms with E-state index in [4.69, 9.17) is 32.8 Å². The van der Waals surface area contributed by atoms with Crippen molar-refractivity contribution in [3.05, 3.63) is 46.6 Å². The zero-order valence-electron chi connectivity index (χ0n) is 27.7. The number of phenols is 3. The first kappa shape index (κ1) is 39.0. The average molecular weight is 757 g/mol. The van der Waals surface area contributed by atoms with Crippen molar-refractivity contribution in [3.8, 4) is 34.3 Å². The van der Waals surface area contributed by atoms with Crippen LogP contribution in [0.5, 0.6) is 23.0 Å². The topological polar surface area (TPSA) is 328 Å². The van der Waals surface area contributed by atoms with Crippen LogP contribution in [0.4, 0.5) is 0 Å². The number of hydrogen-bond donors (Lipinski definition) is 12. The Kier molecular flexibility index (Phi) is 11.5. The standard InChI is InChI=1S/C33H40O20/c1-10-19(38)25(44)30(53-31-26(45)23(42)20(39)16(8-34)50-31)33(48-10)47-9-17-21(40)24(43)27(46)32(51-17)52-29-22(41)18-14(37)6-13(36)7-15(18)49-28(29)11-2-4-12(35)5-3-11/h2-7,10,16-17,19-21,23-27,30-40,42-46H,8-9H2,1H3/t10-,16+,17+,19-,20+,21-,23-,24-,25+,26+,27+,30+,31-,32-,33-/m0/s1. The van der Waals surface area contributed by atoms with Gasteiger partial charge in [0.05, 0.1) is 19.3 Å². The highest BCUT2D eigenvalue weighted by molar-refractivity contribution is 5.88. The number of benzene rings is 2. The summed E-state index contributed by atoms with van der Waals surface area (Å²) in [5, 5.41) is 124. The Morgan fingerprint density at radius 3 is 1.96 bits per heavy atom. The van der Waals surface area contributed by atoms with E-state index in [9.17, 15) is 66.1 Å². The number of aliphatic hydroxyl groups excluding tert-OH is 9. The molecule has 15 atom stereocenters. The SMILES string of the molecule is C[C@@H]1O[C@H](OC[C@H]2O[C@@H](Oc3c(-c4ccc(O)cc4)oc4cc(O)cc(O)c4c3=O)[C@H](O)[C@@H](O)[C@H]2O)[C@H](O[C@@H]2O[C@H](CO)[C@@H](O)[C@H](O)[C@H]2O)[C@H](O)[C@H]1O. The lowest BCUT2D eigenvalue weighted by molar-refractivity contribution is -0.369. The monoisotopic (exact) mass is 756 g/mol. The van der Waals surface area contributed by atoms with Crippen molar-refractivity contribution in [1.82, 2.24) is 0 Å². The Labute approximate surface area is 298 Å². The first-order chi connectivity index (χ1) is 25.1. The molecule has 3 aliphatic heterocycles. The first-order valence-electron chi connectivity index (χ1n) is 16.4. The van der Waals surface area contributed by atoms with Crippen LogP contribution in [0.3, 0.4) is 0 Å². The summed E-state index contributed by atoms with van der Waals surface area (Å²) >= 11 is 0. The van der Waals surface area contributed by atoms with Crippen LogP contribution in [0.25, 0.3) is 22.3 Å². The summed E-state index contributed by atoms with van der Waals surface area (Å²) in [6.07, 6.45) is -25.8. The predicted molar refractivity (Wildman–Crippen MR) is 171 cm³/mol. The number of rotatable bonds is 9. The minimum atomic E-state index is -2.01. The van der Waals surface area contributed by atoms with E-state index in [-0.39, 0.29) is 22.7 Å². The molecule has 12 N–H and O–H groups in total. The molecule has 20 nitrogen and oxygen atoms in total. The predicted octanol–water partition coefficient (Wildman–Crippen LogP) is -3.57. The lowest BCUT2D eigenvalue weighted by atomic mass is 9.97. The Balaban J connectivity index is 1.26. The highest BCUT2D eigenvalue weighted by Gasteiger charge is 2.51. The molecule has 292 valence electrons. The van der Waals surface area contributed by atoms with E-state index in [1.165, 1.54) is 31.2 Å². The fourth-order valence-electron chi connectivity index (χ4n) is 6.25. The van der Waals surface area contributed by atoms with Crippen LogP contribution < -0.4 is 10.2 Å². The fourth-order valence-corrected chi connectivity index (χ4v) is 6.25. The molecule has 1 aromatic heterocycles. The number of hydrogen-bond acceptors (Lipinski definition) is 20. The van der Waals surface area contributed by atoms with Crippen LogP contribution in [0.1, 0.15) is 6.92 Å². The van der Waals surface area contributed by atoms with Gasteiger partial charge >= 0.3 is 0 Å². The molecule has 0 saturated carbocycles. The highest BCUT2D eigenvalue weighted by Crippen LogP contribution is 2.38. The van der Waals surface area contributed by atoms with Gasteiger partial charge in [-0.25, -0.2) is 0 Å². The molecule has 6 rings (SSSR count). The largest absolute Gasteiger partial charge is 0.508 e. The molecule has 0 amide bonds. The van der Waals surface area contributed by atoms with Gasteiger partial charge < -0.3 is 94.1 Å². The zero-order valence-corrected chi connectivity index (χ0v) is 27.7. The third kappa shape index (κ3) is 7.52. The van der Waals surface area contributed by atoms with E-state index in [0.29, 0.717) is 0 Å².